The third kappa shape index (κ3) is 4.98. The molecular weight excluding hydrogens is 290 g/mol. The number of amides is 2. The zero-order valence-electron chi connectivity index (χ0n) is 14.3. The molecule has 0 radical (unpaired) electrons. The highest BCUT2D eigenvalue weighted by molar-refractivity contribution is 5.89. The zero-order chi connectivity index (χ0) is 16.8. The van der Waals surface area contributed by atoms with Gasteiger partial charge in [-0.2, -0.15) is 0 Å². The van der Waals surface area contributed by atoms with Crippen LogP contribution in [0.25, 0.3) is 0 Å². The first kappa shape index (κ1) is 17.3. The summed E-state index contributed by atoms with van der Waals surface area (Å²) in [6.45, 7) is 7.86. The van der Waals surface area contributed by atoms with E-state index in [0.29, 0.717) is 13.0 Å². The van der Waals surface area contributed by atoms with Crippen LogP contribution in [0.15, 0.2) is 18.2 Å². The molecule has 2 rings (SSSR count). The Morgan fingerprint density at radius 3 is 2.61 bits per heavy atom. The fraction of sp³-hybridized carbons (Fsp3) is 0.556. The van der Waals surface area contributed by atoms with Gasteiger partial charge in [0.05, 0.1) is 6.54 Å². The summed E-state index contributed by atoms with van der Waals surface area (Å²) in [4.78, 5) is 26.3. The quantitative estimate of drug-likeness (QED) is 0.872. The second-order valence-corrected chi connectivity index (χ2v) is 6.27. The van der Waals surface area contributed by atoms with Crippen LogP contribution in [0.3, 0.4) is 0 Å². The lowest BCUT2D eigenvalue weighted by atomic mass is 10.1. The molecule has 0 spiro atoms. The number of likely N-dealkylation sites (N-methyl/N-ethyl adjacent to an activating group) is 1. The fourth-order valence-electron chi connectivity index (χ4n) is 3.01. The van der Waals surface area contributed by atoms with Crippen molar-refractivity contribution in [1.29, 1.82) is 0 Å². The maximum absolute atomic E-state index is 12.3. The van der Waals surface area contributed by atoms with Gasteiger partial charge in [0.15, 0.2) is 0 Å². The van der Waals surface area contributed by atoms with Crippen molar-refractivity contribution in [3.8, 4) is 0 Å². The van der Waals surface area contributed by atoms with Crippen molar-refractivity contribution in [2.75, 3.05) is 24.5 Å². The summed E-state index contributed by atoms with van der Waals surface area (Å²) in [5.74, 6) is -0.168. The molecule has 0 aromatic heterocycles. The summed E-state index contributed by atoms with van der Waals surface area (Å²) in [7, 11) is 0. The lowest BCUT2D eigenvalue weighted by molar-refractivity contribution is -0.128. The average molecular weight is 317 g/mol. The molecule has 1 fully saturated rings. The summed E-state index contributed by atoms with van der Waals surface area (Å²) in [5, 5.41) is 5.73. The van der Waals surface area contributed by atoms with Gasteiger partial charge in [-0.3, -0.25) is 9.59 Å². The first-order valence-corrected chi connectivity index (χ1v) is 8.40. The minimum Gasteiger partial charge on any atom is -0.362 e. The summed E-state index contributed by atoms with van der Waals surface area (Å²) >= 11 is 0. The second kappa shape index (κ2) is 7.99. The van der Waals surface area contributed by atoms with Gasteiger partial charge in [0, 0.05) is 18.8 Å². The predicted molar refractivity (Wildman–Crippen MR) is 92.6 cm³/mol. The SMILES string of the molecule is CCN(CC(=O)NC1CCCCNC1=O)c1cc(C)cc(C)c1. The van der Waals surface area contributed by atoms with E-state index in [1.165, 1.54) is 11.1 Å². The molecule has 1 heterocycles. The van der Waals surface area contributed by atoms with E-state index in [1.54, 1.807) is 0 Å². The molecule has 2 amide bonds. The number of hydrogen-bond acceptors (Lipinski definition) is 3. The molecule has 2 N–H and O–H groups in total. The standard InChI is InChI=1S/C18H27N3O2/c1-4-21(15-10-13(2)9-14(3)11-15)12-17(22)20-16-7-5-6-8-19-18(16)23/h9-11,16H,4-8,12H2,1-3H3,(H,19,23)(H,20,22). The summed E-state index contributed by atoms with van der Waals surface area (Å²) < 4.78 is 0. The van der Waals surface area contributed by atoms with E-state index in [0.717, 1.165) is 25.1 Å². The smallest absolute Gasteiger partial charge is 0.242 e. The second-order valence-electron chi connectivity index (χ2n) is 6.27. The number of anilines is 1. The lowest BCUT2D eigenvalue weighted by Gasteiger charge is -2.24. The Labute approximate surface area is 138 Å². The molecule has 1 aliphatic heterocycles. The number of benzene rings is 1. The van der Waals surface area contributed by atoms with E-state index >= 15 is 0 Å². The normalized spacial score (nSPS) is 18.0. The third-order valence-electron chi connectivity index (χ3n) is 4.16. The molecule has 126 valence electrons. The van der Waals surface area contributed by atoms with Crippen molar-refractivity contribution in [3.63, 3.8) is 0 Å². The zero-order valence-corrected chi connectivity index (χ0v) is 14.3. The molecule has 5 heteroatoms. The number of aryl methyl sites for hydroxylation is 2. The average Bonchev–Trinajstić information content (AvgIpc) is 2.69. The largest absolute Gasteiger partial charge is 0.362 e. The molecule has 1 saturated heterocycles. The number of nitrogens with one attached hydrogen (secondary N) is 2. The van der Waals surface area contributed by atoms with Gasteiger partial charge in [-0.25, -0.2) is 0 Å². The molecule has 23 heavy (non-hydrogen) atoms. The molecule has 1 aromatic rings. The van der Waals surface area contributed by atoms with Crippen LogP contribution in [0.5, 0.6) is 0 Å². The fourth-order valence-corrected chi connectivity index (χ4v) is 3.01. The van der Waals surface area contributed by atoms with E-state index in [1.807, 2.05) is 11.8 Å². The minimum atomic E-state index is -0.400. The van der Waals surface area contributed by atoms with Gasteiger partial charge in [-0.1, -0.05) is 6.07 Å². The van der Waals surface area contributed by atoms with E-state index in [-0.39, 0.29) is 18.4 Å². The van der Waals surface area contributed by atoms with Crippen molar-refractivity contribution >= 4 is 17.5 Å². The topological polar surface area (TPSA) is 61.4 Å². The molecule has 1 aliphatic rings. The Bertz CT molecular complexity index is 551. The van der Waals surface area contributed by atoms with E-state index in [2.05, 4.69) is 42.7 Å². The number of hydrogen-bond donors (Lipinski definition) is 2. The minimum absolute atomic E-state index is 0.0645. The first-order chi connectivity index (χ1) is 11.0. The van der Waals surface area contributed by atoms with Crippen LogP contribution in [0.1, 0.15) is 37.3 Å². The van der Waals surface area contributed by atoms with Gasteiger partial charge in [0.2, 0.25) is 11.8 Å². The number of carbonyl (C=O) groups excluding carboxylic acids is 2. The van der Waals surface area contributed by atoms with E-state index in [4.69, 9.17) is 0 Å². The van der Waals surface area contributed by atoms with Crippen molar-refractivity contribution in [2.45, 2.75) is 46.1 Å². The molecule has 1 unspecified atom stereocenters. The van der Waals surface area contributed by atoms with Crippen LogP contribution < -0.4 is 15.5 Å². The molecule has 0 aliphatic carbocycles. The lowest BCUT2D eigenvalue weighted by Crippen LogP contribution is -2.48. The number of carbonyl (C=O) groups is 2. The number of nitrogens with zero attached hydrogens (tertiary/aromatic N) is 1. The van der Waals surface area contributed by atoms with Gasteiger partial charge in [-0.15, -0.1) is 0 Å². The van der Waals surface area contributed by atoms with Crippen LogP contribution >= 0.6 is 0 Å². The van der Waals surface area contributed by atoms with Crippen LogP contribution in [-0.2, 0) is 9.59 Å². The molecule has 0 saturated carbocycles. The summed E-state index contributed by atoms with van der Waals surface area (Å²) in [5.41, 5.74) is 3.41. The number of rotatable bonds is 5. The monoisotopic (exact) mass is 317 g/mol. The highest BCUT2D eigenvalue weighted by atomic mass is 16.2. The molecule has 5 nitrogen and oxygen atoms in total. The van der Waals surface area contributed by atoms with Gasteiger partial charge in [0.25, 0.3) is 0 Å². The highest BCUT2D eigenvalue weighted by Gasteiger charge is 2.23. The Balaban J connectivity index is 2.00. The van der Waals surface area contributed by atoms with Crippen molar-refractivity contribution in [3.05, 3.63) is 29.3 Å². The molecule has 0 bridgehead atoms. The third-order valence-corrected chi connectivity index (χ3v) is 4.16. The Morgan fingerprint density at radius 2 is 1.96 bits per heavy atom. The maximum Gasteiger partial charge on any atom is 0.242 e. The Hall–Kier alpha value is -2.04. The van der Waals surface area contributed by atoms with Crippen LogP contribution in [0.4, 0.5) is 5.69 Å². The van der Waals surface area contributed by atoms with Gasteiger partial charge >= 0.3 is 0 Å². The predicted octanol–water partition coefficient (Wildman–Crippen LogP) is 1.91. The summed E-state index contributed by atoms with van der Waals surface area (Å²) in [6.07, 6.45) is 2.65. The van der Waals surface area contributed by atoms with Gasteiger partial charge in [0.1, 0.15) is 6.04 Å². The molecular formula is C18H27N3O2. The van der Waals surface area contributed by atoms with Crippen molar-refractivity contribution in [2.24, 2.45) is 0 Å². The first-order valence-electron chi connectivity index (χ1n) is 8.40. The highest BCUT2D eigenvalue weighted by Crippen LogP contribution is 2.18. The maximum atomic E-state index is 12.3. The molecule has 1 atom stereocenters. The van der Waals surface area contributed by atoms with Crippen LogP contribution in [-0.4, -0.2) is 37.5 Å². The van der Waals surface area contributed by atoms with Crippen LogP contribution in [0.2, 0.25) is 0 Å². The summed E-state index contributed by atoms with van der Waals surface area (Å²) in [6, 6.07) is 5.89. The van der Waals surface area contributed by atoms with E-state index in [9.17, 15) is 9.59 Å². The molecule has 1 aromatic carbocycles. The van der Waals surface area contributed by atoms with Gasteiger partial charge < -0.3 is 15.5 Å². The van der Waals surface area contributed by atoms with Crippen LogP contribution in [0, 0.1) is 13.8 Å². The van der Waals surface area contributed by atoms with E-state index < -0.39 is 6.04 Å². The van der Waals surface area contributed by atoms with Crippen molar-refractivity contribution < 1.29 is 9.59 Å². The van der Waals surface area contributed by atoms with Gasteiger partial charge in [-0.05, 0) is 63.3 Å². The van der Waals surface area contributed by atoms with Crippen molar-refractivity contribution in [1.82, 2.24) is 10.6 Å². The Kier molecular flexibility index (Phi) is 6.02. The Morgan fingerprint density at radius 1 is 1.26 bits per heavy atom.